The first kappa shape index (κ1) is 15.5. The van der Waals surface area contributed by atoms with Gasteiger partial charge in [-0.2, -0.15) is 0 Å². The van der Waals surface area contributed by atoms with Crippen LogP contribution in [0.3, 0.4) is 0 Å². The Morgan fingerprint density at radius 3 is 2.19 bits per heavy atom. The van der Waals surface area contributed by atoms with Crippen molar-refractivity contribution in [2.24, 2.45) is 0 Å². The van der Waals surface area contributed by atoms with Crippen molar-refractivity contribution in [2.45, 2.75) is 16.7 Å². The second kappa shape index (κ2) is 5.50. The SMILES string of the molecule is Cc1cc(S(=O)(=O)c2ccc(Br)cc2)cc(C(=O)O)c1O. The minimum absolute atomic E-state index is 0.0483. The van der Waals surface area contributed by atoms with E-state index >= 15 is 0 Å². The van der Waals surface area contributed by atoms with E-state index in [2.05, 4.69) is 15.9 Å². The van der Waals surface area contributed by atoms with Gasteiger partial charge in [0.1, 0.15) is 11.3 Å². The number of halogens is 1. The van der Waals surface area contributed by atoms with Crippen molar-refractivity contribution in [1.29, 1.82) is 0 Å². The number of hydrogen-bond donors (Lipinski definition) is 2. The number of aryl methyl sites for hydroxylation is 1. The zero-order valence-corrected chi connectivity index (χ0v) is 13.3. The van der Waals surface area contributed by atoms with Crippen LogP contribution in [-0.2, 0) is 9.84 Å². The van der Waals surface area contributed by atoms with Crippen molar-refractivity contribution in [3.63, 3.8) is 0 Å². The highest BCUT2D eigenvalue weighted by atomic mass is 79.9. The molecule has 0 saturated carbocycles. The average Bonchev–Trinajstić information content (AvgIpc) is 2.41. The fraction of sp³-hybridized carbons (Fsp3) is 0.0714. The minimum Gasteiger partial charge on any atom is -0.507 e. The summed E-state index contributed by atoms with van der Waals surface area (Å²) < 4.78 is 25.7. The highest BCUT2D eigenvalue weighted by Gasteiger charge is 2.22. The summed E-state index contributed by atoms with van der Waals surface area (Å²) in [4.78, 5) is 11.0. The molecule has 0 atom stereocenters. The number of hydrogen-bond acceptors (Lipinski definition) is 4. The Kier molecular flexibility index (Phi) is 4.06. The summed E-state index contributed by atoms with van der Waals surface area (Å²) in [6.07, 6.45) is 0. The van der Waals surface area contributed by atoms with E-state index in [0.717, 1.165) is 10.5 Å². The maximum atomic E-state index is 12.5. The van der Waals surface area contributed by atoms with Gasteiger partial charge in [-0.15, -0.1) is 0 Å². The van der Waals surface area contributed by atoms with E-state index in [-0.39, 0.29) is 15.4 Å². The van der Waals surface area contributed by atoms with Crippen molar-refractivity contribution in [3.05, 3.63) is 52.0 Å². The molecule has 0 bridgehead atoms. The van der Waals surface area contributed by atoms with E-state index in [1.807, 2.05) is 0 Å². The number of aromatic carboxylic acids is 1. The Bertz CT molecular complexity index is 810. The van der Waals surface area contributed by atoms with Crippen molar-refractivity contribution in [3.8, 4) is 5.75 Å². The normalized spacial score (nSPS) is 11.3. The zero-order chi connectivity index (χ0) is 15.8. The molecule has 2 N–H and O–H groups in total. The molecule has 2 aromatic carbocycles. The van der Waals surface area contributed by atoms with Crippen molar-refractivity contribution in [2.75, 3.05) is 0 Å². The number of carbonyl (C=O) groups is 1. The van der Waals surface area contributed by atoms with Crippen molar-refractivity contribution < 1.29 is 23.4 Å². The number of carboxylic acids is 1. The first-order valence-corrected chi connectivity index (χ1v) is 8.08. The topological polar surface area (TPSA) is 91.7 Å². The fourth-order valence-corrected chi connectivity index (χ4v) is 3.45. The molecular weight excluding hydrogens is 360 g/mol. The third kappa shape index (κ3) is 2.93. The predicted molar refractivity (Wildman–Crippen MR) is 79.4 cm³/mol. The van der Waals surface area contributed by atoms with Crippen LogP contribution >= 0.6 is 15.9 Å². The van der Waals surface area contributed by atoms with E-state index in [9.17, 15) is 18.3 Å². The fourth-order valence-electron chi connectivity index (χ4n) is 1.81. The maximum Gasteiger partial charge on any atom is 0.339 e. The predicted octanol–water partition coefficient (Wildman–Crippen LogP) is 2.99. The lowest BCUT2D eigenvalue weighted by molar-refractivity contribution is 0.0693. The quantitative estimate of drug-likeness (QED) is 0.866. The summed E-state index contributed by atoms with van der Waals surface area (Å²) in [5.74, 6) is -1.82. The monoisotopic (exact) mass is 370 g/mol. The second-order valence-corrected chi connectivity index (χ2v) is 7.26. The highest BCUT2D eigenvalue weighted by molar-refractivity contribution is 9.10. The third-order valence-electron chi connectivity index (χ3n) is 2.94. The molecule has 0 amide bonds. The molecule has 0 unspecified atom stereocenters. The van der Waals surface area contributed by atoms with Crippen LogP contribution in [0.25, 0.3) is 0 Å². The van der Waals surface area contributed by atoms with Gasteiger partial charge >= 0.3 is 5.97 Å². The Balaban J connectivity index is 2.65. The summed E-state index contributed by atoms with van der Waals surface area (Å²) in [6.45, 7) is 1.45. The third-order valence-corrected chi connectivity index (χ3v) is 5.22. The first-order valence-electron chi connectivity index (χ1n) is 5.81. The van der Waals surface area contributed by atoms with Gasteiger partial charge in [0.15, 0.2) is 0 Å². The van der Waals surface area contributed by atoms with Gasteiger partial charge in [-0.25, -0.2) is 13.2 Å². The molecule has 21 heavy (non-hydrogen) atoms. The van der Waals surface area contributed by atoms with E-state index in [1.165, 1.54) is 25.1 Å². The van der Waals surface area contributed by atoms with Crippen LogP contribution < -0.4 is 0 Å². The van der Waals surface area contributed by atoms with Gasteiger partial charge in [-0.1, -0.05) is 15.9 Å². The summed E-state index contributed by atoms with van der Waals surface area (Å²) in [6, 6.07) is 8.21. The van der Waals surface area contributed by atoms with Crippen LogP contribution in [-0.4, -0.2) is 24.6 Å². The highest BCUT2D eigenvalue weighted by Crippen LogP contribution is 2.29. The van der Waals surface area contributed by atoms with E-state index in [1.54, 1.807) is 12.1 Å². The number of carboxylic acid groups (broad SMARTS) is 1. The molecule has 2 aromatic rings. The molecule has 0 fully saturated rings. The Morgan fingerprint density at radius 1 is 1.10 bits per heavy atom. The zero-order valence-electron chi connectivity index (χ0n) is 10.9. The molecule has 7 heteroatoms. The molecular formula is C14H11BrO5S. The standard InChI is InChI=1S/C14H11BrO5S/c1-8-6-11(7-12(13(8)16)14(17)18)21(19,20)10-4-2-9(15)3-5-10/h2-7,16H,1H3,(H,17,18). The van der Waals surface area contributed by atoms with Gasteiger partial charge in [-0.3, -0.25) is 0 Å². The average molecular weight is 371 g/mol. The molecule has 0 aromatic heterocycles. The molecule has 5 nitrogen and oxygen atoms in total. The van der Waals surface area contributed by atoms with Crippen LogP contribution in [0.5, 0.6) is 5.75 Å². The second-order valence-electron chi connectivity index (χ2n) is 4.40. The van der Waals surface area contributed by atoms with Crippen molar-refractivity contribution >= 4 is 31.7 Å². The Morgan fingerprint density at radius 2 is 1.67 bits per heavy atom. The van der Waals surface area contributed by atoms with Gasteiger partial charge in [0, 0.05) is 4.47 Å². The lowest BCUT2D eigenvalue weighted by Gasteiger charge is -2.09. The van der Waals surface area contributed by atoms with Gasteiger partial charge in [0.05, 0.1) is 9.79 Å². The summed E-state index contributed by atoms with van der Waals surface area (Å²) in [5.41, 5.74) is -0.253. The lowest BCUT2D eigenvalue weighted by Crippen LogP contribution is -2.06. The number of phenols is 1. The number of aromatic hydroxyl groups is 1. The summed E-state index contributed by atoms with van der Waals surface area (Å²) >= 11 is 3.21. The minimum atomic E-state index is -3.85. The molecule has 0 saturated heterocycles. The van der Waals surface area contributed by atoms with E-state index in [4.69, 9.17) is 5.11 Å². The molecule has 0 aliphatic carbocycles. The number of rotatable bonds is 3. The lowest BCUT2D eigenvalue weighted by atomic mass is 10.1. The largest absolute Gasteiger partial charge is 0.507 e. The van der Waals surface area contributed by atoms with E-state index in [0.29, 0.717) is 0 Å². The molecule has 0 aliphatic heterocycles. The summed E-state index contributed by atoms with van der Waals surface area (Å²) in [7, 11) is -3.85. The first-order chi connectivity index (χ1) is 9.73. The Hall–Kier alpha value is -1.86. The van der Waals surface area contributed by atoms with Crippen molar-refractivity contribution in [1.82, 2.24) is 0 Å². The van der Waals surface area contributed by atoms with E-state index < -0.39 is 27.1 Å². The molecule has 0 aliphatic rings. The van der Waals surface area contributed by atoms with Crippen LogP contribution in [0.2, 0.25) is 0 Å². The maximum absolute atomic E-state index is 12.5. The van der Waals surface area contributed by atoms with Crippen LogP contribution in [0.4, 0.5) is 0 Å². The van der Waals surface area contributed by atoms with Crippen LogP contribution in [0, 0.1) is 6.92 Å². The molecule has 0 radical (unpaired) electrons. The molecule has 0 spiro atoms. The molecule has 2 rings (SSSR count). The molecule has 0 heterocycles. The van der Waals surface area contributed by atoms with Crippen LogP contribution in [0.1, 0.15) is 15.9 Å². The van der Waals surface area contributed by atoms with Gasteiger partial charge in [0.25, 0.3) is 0 Å². The van der Waals surface area contributed by atoms with Gasteiger partial charge in [-0.05, 0) is 48.9 Å². The van der Waals surface area contributed by atoms with Gasteiger partial charge in [0.2, 0.25) is 9.84 Å². The smallest absolute Gasteiger partial charge is 0.339 e. The van der Waals surface area contributed by atoms with Crippen LogP contribution in [0.15, 0.2) is 50.7 Å². The number of sulfone groups is 1. The summed E-state index contributed by atoms with van der Waals surface area (Å²) in [5, 5.41) is 18.7. The molecule has 110 valence electrons. The van der Waals surface area contributed by atoms with Gasteiger partial charge < -0.3 is 10.2 Å². The number of benzene rings is 2. The Labute approximate surface area is 129 Å².